The van der Waals surface area contributed by atoms with Crippen molar-refractivity contribution in [2.24, 2.45) is 12.5 Å². The Morgan fingerprint density at radius 2 is 1.72 bits per heavy atom. The summed E-state index contributed by atoms with van der Waals surface area (Å²) in [6.07, 6.45) is 0. The molecule has 188 valence electrons. The maximum absolute atomic E-state index is 12.8. The number of carbonyl (C=O) groups is 1. The Morgan fingerprint density at radius 3 is 2.33 bits per heavy atom. The number of thiazole rings is 1. The SMILES string of the molecule is Cc1scnc1C(=O)N1CCN(c2ccc(-c3ccc4c(n3)n(C)c(=O)n4CC(C)(C)C)cc2)CC1. The molecule has 9 heteroatoms. The molecule has 4 heterocycles. The van der Waals surface area contributed by atoms with Gasteiger partial charge in [-0.2, -0.15) is 0 Å². The lowest BCUT2D eigenvalue weighted by atomic mass is 9.97. The number of amides is 1. The Kier molecular flexibility index (Phi) is 6.20. The number of anilines is 1. The number of aromatic nitrogens is 4. The zero-order valence-electron chi connectivity index (χ0n) is 21.5. The molecule has 1 aliphatic heterocycles. The molecule has 1 aliphatic rings. The van der Waals surface area contributed by atoms with E-state index in [1.165, 1.54) is 11.3 Å². The number of rotatable bonds is 4. The van der Waals surface area contributed by atoms with Crippen LogP contribution in [0.3, 0.4) is 0 Å². The third-order valence-electron chi connectivity index (χ3n) is 6.66. The molecule has 0 spiro atoms. The van der Waals surface area contributed by atoms with Gasteiger partial charge >= 0.3 is 5.69 Å². The van der Waals surface area contributed by atoms with Crippen LogP contribution < -0.4 is 10.6 Å². The minimum absolute atomic E-state index is 0.00881. The second kappa shape index (κ2) is 9.20. The van der Waals surface area contributed by atoms with E-state index >= 15 is 0 Å². The number of aryl methyl sites for hydroxylation is 2. The van der Waals surface area contributed by atoms with Gasteiger partial charge in [0.1, 0.15) is 5.69 Å². The second-order valence-corrected chi connectivity index (χ2v) is 11.7. The highest BCUT2D eigenvalue weighted by Crippen LogP contribution is 2.26. The van der Waals surface area contributed by atoms with E-state index in [4.69, 9.17) is 4.98 Å². The van der Waals surface area contributed by atoms with Crippen LogP contribution in [-0.2, 0) is 13.6 Å². The topological polar surface area (TPSA) is 76.3 Å². The largest absolute Gasteiger partial charge is 0.368 e. The van der Waals surface area contributed by atoms with Gasteiger partial charge in [-0.05, 0) is 36.6 Å². The standard InChI is InChI=1S/C27H32N6O2S/c1-18-23(28-17-36-18)25(34)32-14-12-31(13-15-32)20-8-6-19(7-9-20)21-10-11-22-24(29-21)30(5)26(35)33(22)16-27(2,3)4/h6-11,17H,12-16H2,1-5H3. The van der Waals surface area contributed by atoms with Gasteiger partial charge in [0, 0.05) is 55.9 Å². The molecule has 4 aromatic rings. The third-order valence-corrected chi connectivity index (χ3v) is 7.41. The Morgan fingerprint density at radius 1 is 1.03 bits per heavy atom. The van der Waals surface area contributed by atoms with Gasteiger partial charge in [0.2, 0.25) is 0 Å². The number of hydrogen-bond acceptors (Lipinski definition) is 6. The molecule has 8 nitrogen and oxygen atoms in total. The predicted octanol–water partition coefficient (Wildman–Crippen LogP) is 4.18. The lowest BCUT2D eigenvalue weighted by Gasteiger charge is -2.36. The lowest BCUT2D eigenvalue weighted by molar-refractivity contribution is 0.0741. The number of fused-ring (bicyclic) bond motifs is 1. The van der Waals surface area contributed by atoms with Crippen molar-refractivity contribution in [2.75, 3.05) is 31.1 Å². The summed E-state index contributed by atoms with van der Waals surface area (Å²) in [5, 5.41) is 0. The Balaban J connectivity index is 1.31. The predicted molar refractivity (Wildman–Crippen MR) is 145 cm³/mol. The average molecular weight is 505 g/mol. The molecule has 5 rings (SSSR count). The van der Waals surface area contributed by atoms with Crippen LogP contribution in [0.4, 0.5) is 5.69 Å². The monoisotopic (exact) mass is 504 g/mol. The summed E-state index contributed by atoms with van der Waals surface area (Å²) < 4.78 is 3.45. The minimum atomic E-state index is -0.0394. The number of imidazole rings is 1. The zero-order valence-corrected chi connectivity index (χ0v) is 22.3. The summed E-state index contributed by atoms with van der Waals surface area (Å²) in [4.78, 5) is 39.8. The van der Waals surface area contributed by atoms with Crippen molar-refractivity contribution in [2.45, 2.75) is 34.2 Å². The van der Waals surface area contributed by atoms with Crippen molar-refractivity contribution in [3.63, 3.8) is 0 Å². The summed E-state index contributed by atoms with van der Waals surface area (Å²) in [6, 6.07) is 12.3. The van der Waals surface area contributed by atoms with Crippen LogP contribution in [0.25, 0.3) is 22.4 Å². The summed E-state index contributed by atoms with van der Waals surface area (Å²) in [7, 11) is 1.78. The summed E-state index contributed by atoms with van der Waals surface area (Å²) >= 11 is 1.51. The lowest BCUT2D eigenvalue weighted by Crippen LogP contribution is -2.49. The fourth-order valence-corrected chi connectivity index (χ4v) is 5.30. The molecular formula is C27H32N6O2S. The molecule has 1 aromatic carbocycles. The Hall–Kier alpha value is -3.46. The number of nitrogens with zero attached hydrogens (tertiary/aromatic N) is 6. The van der Waals surface area contributed by atoms with Crippen LogP contribution in [0.15, 0.2) is 46.7 Å². The molecule has 3 aromatic heterocycles. The van der Waals surface area contributed by atoms with Crippen molar-refractivity contribution >= 4 is 34.1 Å². The fourth-order valence-electron chi connectivity index (χ4n) is 4.73. The minimum Gasteiger partial charge on any atom is -0.368 e. The fraction of sp³-hybridized carbons (Fsp3) is 0.407. The Bertz CT molecular complexity index is 1470. The van der Waals surface area contributed by atoms with E-state index in [-0.39, 0.29) is 17.0 Å². The van der Waals surface area contributed by atoms with Gasteiger partial charge in [0.05, 0.1) is 16.7 Å². The van der Waals surface area contributed by atoms with Crippen molar-refractivity contribution in [1.82, 2.24) is 24.0 Å². The maximum Gasteiger partial charge on any atom is 0.330 e. The number of benzene rings is 1. The van der Waals surface area contributed by atoms with Crippen LogP contribution in [-0.4, -0.2) is 56.1 Å². The number of pyridine rings is 1. The number of hydrogen-bond donors (Lipinski definition) is 0. The molecule has 0 N–H and O–H groups in total. The third kappa shape index (κ3) is 4.55. The van der Waals surface area contributed by atoms with Crippen LogP contribution in [0.5, 0.6) is 0 Å². The second-order valence-electron chi connectivity index (χ2n) is 10.6. The van der Waals surface area contributed by atoms with E-state index < -0.39 is 0 Å². The highest BCUT2D eigenvalue weighted by molar-refractivity contribution is 7.09. The molecule has 36 heavy (non-hydrogen) atoms. The van der Waals surface area contributed by atoms with Gasteiger partial charge in [-0.1, -0.05) is 32.9 Å². The van der Waals surface area contributed by atoms with E-state index in [2.05, 4.69) is 54.9 Å². The van der Waals surface area contributed by atoms with Crippen LogP contribution >= 0.6 is 11.3 Å². The van der Waals surface area contributed by atoms with Crippen LogP contribution in [0.2, 0.25) is 0 Å². The van der Waals surface area contributed by atoms with E-state index in [9.17, 15) is 9.59 Å². The molecule has 0 aliphatic carbocycles. The first-order chi connectivity index (χ1) is 17.1. The molecule has 0 bridgehead atoms. The number of carbonyl (C=O) groups excluding carboxylic acids is 1. The van der Waals surface area contributed by atoms with Crippen molar-refractivity contribution in [3.8, 4) is 11.3 Å². The molecule has 1 fully saturated rings. The normalized spacial score (nSPS) is 14.6. The number of piperazine rings is 1. The smallest absolute Gasteiger partial charge is 0.330 e. The molecule has 0 unspecified atom stereocenters. The van der Waals surface area contributed by atoms with E-state index in [0.717, 1.165) is 40.4 Å². The first-order valence-corrected chi connectivity index (χ1v) is 13.1. The van der Waals surface area contributed by atoms with Crippen molar-refractivity contribution in [1.29, 1.82) is 0 Å². The first kappa shape index (κ1) is 24.2. The van der Waals surface area contributed by atoms with Crippen molar-refractivity contribution in [3.05, 3.63) is 63.0 Å². The van der Waals surface area contributed by atoms with Crippen LogP contribution in [0.1, 0.15) is 36.1 Å². The molecular weight excluding hydrogens is 472 g/mol. The molecule has 0 radical (unpaired) electrons. The molecule has 0 atom stereocenters. The van der Waals surface area contributed by atoms with Gasteiger partial charge < -0.3 is 9.80 Å². The zero-order chi connectivity index (χ0) is 25.6. The van der Waals surface area contributed by atoms with Gasteiger partial charge in [0.15, 0.2) is 5.65 Å². The van der Waals surface area contributed by atoms with Gasteiger partial charge in [-0.15, -0.1) is 11.3 Å². The van der Waals surface area contributed by atoms with Gasteiger partial charge in [-0.3, -0.25) is 13.9 Å². The summed E-state index contributed by atoms with van der Waals surface area (Å²) in [5.74, 6) is 0.0240. The molecule has 0 saturated carbocycles. The first-order valence-electron chi connectivity index (χ1n) is 12.2. The summed E-state index contributed by atoms with van der Waals surface area (Å²) in [6.45, 7) is 11.9. The van der Waals surface area contributed by atoms with Gasteiger partial charge in [0.25, 0.3) is 5.91 Å². The summed E-state index contributed by atoms with van der Waals surface area (Å²) in [5.41, 5.74) is 6.78. The van der Waals surface area contributed by atoms with Gasteiger partial charge in [-0.25, -0.2) is 14.8 Å². The average Bonchev–Trinajstić information content (AvgIpc) is 3.39. The van der Waals surface area contributed by atoms with Crippen molar-refractivity contribution < 1.29 is 4.79 Å². The van der Waals surface area contributed by atoms with E-state index in [1.54, 1.807) is 17.1 Å². The van der Waals surface area contributed by atoms with Crippen LogP contribution in [0, 0.1) is 12.3 Å². The highest BCUT2D eigenvalue weighted by Gasteiger charge is 2.25. The molecule has 1 amide bonds. The molecule has 1 saturated heterocycles. The quantitative estimate of drug-likeness (QED) is 0.417. The van der Waals surface area contributed by atoms with E-state index in [0.29, 0.717) is 31.0 Å². The van der Waals surface area contributed by atoms with E-state index in [1.807, 2.05) is 28.5 Å². The Labute approximate surface area is 214 Å². The highest BCUT2D eigenvalue weighted by atomic mass is 32.1. The maximum atomic E-state index is 12.8.